The second-order valence-electron chi connectivity index (χ2n) is 6.00. The summed E-state index contributed by atoms with van der Waals surface area (Å²) in [5.74, 6) is -0.103. The molecule has 144 valence electrons. The average Bonchev–Trinajstić information content (AvgIpc) is 3.14. The summed E-state index contributed by atoms with van der Waals surface area (Å²) in [5.41, 5.74) is 0.753. The van der Waals surface area contributed by atoms with Crippen molar-refractivity contribution >= 4 is 11.6 Å². The number of hydrogen-bond donors (Lipinski definition) is 1. The van der Waals surface area contributed by atoms with Crippen molar-refractivity contribution in [3.8, 4) is 11.5 Å². The summed E-state index contributed by atoms with van der Waals surface area (Å²) in [5, 5.41) is 2.61. The van der Waals surface area contributed by atoms with Crippen molar-refractivity contribution < 1.29 is 32.2 Å². The van der Waals surface area contributed by atoms with Gasteiger partial charge >= 0.3 is 6.36 Å². The first-order chi connectivity index (χ1) is 12.9. The van der Waals surface area contributed by atoms with Gasteiger partial charge in [0, 0.05) is 17.9 Å². The number of benzene rings is 2. The van der Waals surface area contributed by atoms with Crippen LogP contribution in [0.4, 0.5) is 18.9 Å². The van der Waals surface area contributed by atoms with Crippen LogP contribution in [0.5, 0.6) is 11.5 Å². The number of rotatable bonds is 6. The minimum atomic E-state index is -4.75. The second kappa shape index (κ2) is 8.30. The second-order valence-corrected chi connectivity index (χ2v) is 6.00. The number of halogens is 3. The predicted molar refractivity (Wildman–Crippen MR) is 92.0 cm³/mol. The van der Waals surface area contributed by atoms with Crippen molar-refractivity contribution in [2.45, 2.75) is 25.3 Å². The van der Waals surface area contributed by atoms with E-state index in [2.05, 4.69) is 10.1 Å². The molecule has 0 unspecified atom stereocenters. The number of carbonyl (C=O) groups is 1. The van der Waals surface area contributed by atoms with Gasteiger partial charge in [0.25, 0.3) is 5.91 Å². The Morgan fingerprint density at radius 1 is 1.07 bits per heavy atom. The van der Waals surface area contributed by atoms with Gasteiger partial charge in [-0.1, -0.05) is 0 Å². The molecule has 1 heterocycles. The van der Waals surface area contributed by atoms with Gasteiger partial charge in [-0.25, -0.2) is 0 Å². The maximum atomic E-state index is 12.2. The summed E-state index contributed by atoms with van der Waals surface area (Å²) >= 11 is 0. The van der Waals surface area contributed by atoms with Gasteiger partial charge in [0.15, 0.2) is 0 Å². The molecule has 1 fully saturated rings. The standard InChI is InChI=1S/C19H18F3NO4/c20-19(21,22)27-16-9-5-14(6-10-16)23-18(24)13-3-7-15(8-4-13)26-12-17-2-1-11-25-17/h3-10,17H,1-2,11-12H2,(H,23,24)/t17-/m0/s1. The van der Waals surface area contributed by atoms with Crippen LogP contribution >= 0.6 is 0 Å². The van der Waals surface area contributed by atoms with E-state index in [-0.39, 0.29) is 17.8 Å². The van der Waals surface area contributed by atoms with Crippen LogP contribution in [-0.4, -0.2) is 31.6 Å². The molecule has 0 radical (unpaired) electrons. The number of hydrogen-bond acceptors (Lipinski definition) is 4. The lowest BCUT2D eigenvalue weighted by molar-refractivity contribution is -0.274. The van der Waals surface area contributed by atoms with Gasteiger partial charge in [-0.2, -0.15) is 0 Å². The highest BCUT2D eigenvalue weighted by Crippen LogP contribution is 2.24. The van der Waals surface area contributed by atoms with Crippen molar-refractivity contribution in [3.63, 3.8) is 0 Å². The Morgan fingerprint density at radius 2 is 1.74 bits per heavy atom. The Labute approximate surface area is 154 Å². The van der Waals surface area contributed by atoms with Crippen molar-refractivity contribution in [1.82, 2.24) is 0 Å². The van der Waals surface area contributed by atoms with Gasteiger partial charge in [-0.3, -0.25) is 4.79 Å². The van der Waals surface area contributed by atoms with Gasteiger partial charge < -0.3 is 19.5 Å². The number of ether oxygens (including phenoxy) is 3. The molecule has 0 bridgehead atoms. The zero-order valence-electron chi connectivity index (χ0n) is 14.3. The van der Waals surface area contributed by atoms with E-state index in [1.165, 1.54) is 12.1 Å². The van der Waals surface area contributed by atoms with E-state index in [0.717, 1.165) is 31.6 Å². The molecular weight excluding hydrogens is 363 g/mol. The summed E-state index contributed by atoms with van der Waals surface area (Å²) in [7, 11) is 0. The van der Waals surface area contributed by atoms with E-state index in [9.17, 15) is 18.0 Å². The SMILES string of the molecule is O=C(Nc1ccc(OC(F)(F)F)cc1)c1ccc(OC[C@@H]2CCCO2)cc1. The molecule has 27 heavy (non-hydrogen) atoms. The Bertz CT molecular complexity index is 754. The van der Waals surface area contributed by atoms with Crippen LogP contribution in [0.1, 0.15) is 23.2 Å². The minimum absolute atomic E-state index is 0.109. The van der Waals surface area contributed by atoms with Crippen molar-refractivity contribution in [1.29, 1.82) is 0 Å². The van der Waals surface area contributed by atoms with E-state index in [1.807, 2.05) is 0 Å². The molecule has 2 aromatic rings. The molecule has 0 saturated carbocycles. The molecule has 1 N–H and O–H groups in total. The molecule has 1 saturated heterocycles. The lowest BCUT2D eigenvalue weighted by Crippen LogP contribution is -2.17. The number of carbonyl (C=O) groups excluding carboxylic acids is 1. The van der Waals surface area contributed by atoms with Crippen LogP contribution in [0.3, 0.4) is 0 Å². The maximum absolute atomic E-state index is 12.2. The minimum Gasteiger partial charge on any atom is -0.491 e. The Morgan fingerprint density at radius 3 is 2.33 bits per heavy atom. The predicted octanol–water partition coefficient (Wildman–Crippen LogP) is 4.40. The van der Waals surface area contributed by atoms with Crippen LogP contribution in [0.2, 0.25) is 0 Å². The number of nitrogens with one attached hydrogen (secondary N) is 1. The third-order valence-electron chi connectivity index (χ3n) is 3.92. The number of anilines is 1. The molecule has 5 nitrogen and oxygen atoms in total. The van der Waals surface area contributed by atoms with Crippen molar-refractivity contribution in [2.75, 3.05) is 18.5 Å². The largest absolute Gasteiger partial charge is 0.573 e. The Balaban J connectivity index is 1.52. The third kappa shape index (κ3) is 5.89. The van der Waals surface area contributed by atoms with E-state index < -0.39 is 6.36 Å². The van der Waals surface area contributed by atoms with E-state index >= 15 is 0 Å². The Hall–Kier alpha value is -2.74. The van der Waals surface area contributed by atoms with Crippen molar-refractivity contribution in [3.05, 3.63) is 54.1 Å². The highest BCUT2D eigenvalue weighted by atomic mass is 19.4. The average molecular weight is 381 g/mol. The molecule has 0 spiro atoms. The molecule has 0 aliphatic carbocycles. The lowest BCUT2D eigenvalue weighted by Gasteiger charge is -2.12. The summed E-state index contributed by atoms with van der Waals surface area (Å²) in [6.45, 7) is 1.23. The normalized spacial score (nSPS) is 16.8. The van der Waals surface area contributed by atoms with E-state index in [4.69, 9.17) is 9.47 Å². The molecule has 2 aromatic carbocycles. The van der Waals surface area contributed by atoms with Gasteiger partial charge in [-0.05, 0) is 61.4 Å². The van der Waals surface area contributed by atoms with E-state index in [1.54, 1.807) is 24.3 Å². The molecule has 1 atom stereocenters. The molecular formula is C19H18F3NO4. The topological polar surface area (TPSA) is 56.8 Å². The van der Waals surface area contributed by atoms with E-state index in [0.29, 0.717) is 23.6 Å². The molecule has 1 aliphatic rings. The first-order valence-electron chi connectivity index (χ1n) is 8.41. The highest BCUT2D eigenvalue weighted by Gasteiger charge is 2.30. The summed E-state index contributed by atoms with van der Waals surface area (Å²) in [6, 6.07) is 11.5. The lowest BCUT2D eigenvalue weighted by atomic mass is 10.2. The monoisotopic (exact) mass is 381 g/mol. The molecule has 1 amide bonds. The third-order valence-corrected chi connectivity index (χ3v) is 3.92. The smallest absolute Gasteiger partial charge is 0.491 e. The van der Waals surface area contributed by atoms with Gasteiger partial charge in [0.2, 0.25) is 0 Å². The maximum Gasteiger partial charge on any atom is 0.573 e. The quantitative estimate of drug-likeness (QED) is 0.806. The van der Waals surface area contributed by atoms with Crippen LogP contribution < -0.4 is 14.8 Å². The van der Waals surface area contributed by atoms with Crippen LogP contribution in [0.15, 0.2) is 48.5 Å². The highest BCUT2D eigenvalue weighted by molar-refractivity contribution is 6.04. The fourth-order valence-electron chi connectivity index (χ4n) is 2.61. The summed E-state index contributed by atoms with van der Waals surface area (Å²) in [4.78, 5) is 12.2. The summed E-state index contributed by atoms with van der Waals surface area (Å²) in [6.07, 6.45) is -2.63. The zero-order valence-corrected chi connectivity index (χ0v) is 14.3. The Kier molecular flexibility index (Phi) is 5.85. The fraction of sp³-hybridized carbons (Fsp3) is 0.316. The van der Waals surface area contributed by atoms with Crippen LogP contribution in [-0.2, 0) is 4.74 Å². The van der Waals surface area contributed by atoms with Gasteiger partial charge in [-0.15, -0.1) is 13.2 Å². The first kappa shape index (κ1) is 19.0. The summed E-state index contributed by atoms with van der Waals surface area (Å²) < 4.78 is 51.3. The van der Waals surface area contributed by atoms with Gasteiger partial charge in [0.1, 0.15) is 18.1 Å². The van der Waals surface area contributed by atoms with Gasteiger partial charge in [0.05, 0.1) is 6.10 Å². The van der Waals surface area contributed by atoms with Crippen LogP contribution in [0.25, 0.3) is 0 Å². The molecule has 3 rings (SSSR count). The fourth-order valence-corrected chi connectivity index (χ4v) is 2.61. The molecule has 8 heteroatoms. The molecule has 1 aliphatic heterocycles. The first-order valence-corrected chi connectivity index (χ1v) is 8.41. The van der Waals surface area contributed by atoms with Crippen molar-refractivity contribution in [2.24, 2.45) is 0 Å². The molecule has 0 aromatic heterocycles. The number of alkyl halides is 3. The number of amides is 1. The van der Waals surface area contributed by atoms with Crippen LogP contribution in [0, 0.1) is 0 Å². The zero-order chi connectivity index (χ0) is 19.3.